The number of benzene rings is 2. The Morgan fingerprint density at radius 3 is 2.44 bits per heavy atom. The first-order valence-electron chi connectivity index (χ1n) is 12.5. The van der Waals surface area contributed by atoms with E-state index in [0.717, 1.165) is 40.3 Å². The molecule has 5 rings (SSSR count). The summed E-state index contributed by atoms with van der Waals surface area (Å²) in [5.41, 5.74) is 7.50. The molecule has 0 spiro atoms. The second-order valence-corrected chi connectivity index (χ2v) is 11.8. The fraction of sp³-hybridized carbons (Fsp3) is 0.241. The molecule has 2 aromatic heterocycles. The highest BCUT2D eigenvalue weighted by Gasteiger charge is 2.42. The van der Waals surface area contributed by atoms with Crippen LogP contribution in [-0.4, -0.2) is 36.4 Å². The van der Waals surface area contributed by atoms with Crippen LogP contribution in [0.2, 0.25) is 0 Å². The van der Waals surface area contributed by atoms with Crippen molar-refractivity contribution in [1.29, 1.82) is 0 Å². The van der Waals surface area contributed by atoms with E-state index in [9.17, 15) is 8.42 Å². The lowest BCUT2D eigenvalue weighted by atomic mass is 9.96. The second kappa shape index (κ2) is 10.3. The standard InChI is InChI=1S/C29H31N5O3S2/c1-18-10-6-7-12-25(18)33-19(2)16-22(20(33)3)28-27(23-11-8-9-15-30-23)31-29(38)34(28)21-13-14-26(37-4)24(17-21)32-39(5,35)36/h6-17,27-28,32H,1-5H3,(H,31,38)/t27-,28+/m0/s1. The van der Waals surface area contributed by atoms with Crippen LogP contribution >= 0.6 is 12.2 Å². The zero-order chi connectivity index (χ0) is 27.9. The molecular formula is C29H31N5O3S2. The predicted molar refractivity (Wildman–Crippen MR) is 159 cm³/mol. The normalized spacial score (nSPS) is 17.3. The van der Waals surface area contributed by atoms with E-state index >= 15 is 0 Å². The summed E-state index contributed by atoms with van der Waals surface area (Å²) in [4.78, 5) is 6.69. The van der Waals surface area contributed by atoms with Crippen LogP contribution in [0.25, 0.3) is 5.69 Å². The average Bonchev–Trinajstić information content (AvgIpc) is 3.39. The molecule has 1 saturated heterocycles. The minimum absolute atomic E-state index is 0.238. The number of thiocarbonyl (C=S) groups is 1. The number of hydrogen-bond acceptors (Lipinski definition) is 5. The third-order valence-corrected chi connectivity index (χ3v) is 7.91. The summed E-state index contributed by atoms with van der Waals surface area (Å²) in [6.45, 7) is 6.33. The number of rotatable bonds is 7. The van der Waals surface area contributed by atoms with Gasteiger partial charge in [-0.1, -0.05) is 24.3 Å². The Kier molecular flexibility index (Phi) is 7.09. The topological polar surface area (TPSA) is 88.5 Å². The van der Waals surface area contributed by atoms with E-state index in [1.165, 1.54) is 12.7 Å². The summed E-state index contributed by atoms with van der Waals surface area (Å²) < 4.78 is 34.5. The Balaban J connectivity index is 1.69. The summed E-state index contributed by atoms with van der Waals surface area (Å²) in [7, 11) is -2.03. The monoisotopic (exact) mass is 561 g/mol. The molecule has 1 aliphatic heterocycles. The van der Waals surface area contributed by atoms with E-state index in [1.54, 1.807) is 18.3 Å². The molecule has 2 aromatic carbocycles. The Labute approximate surface area is 234 Å². The second-order valence-electron chi connectivity index (χ2n) is 9.70. The molecule has 0 aliphatic carbocycles. The lowest BCUT2D eigenvalue weighted by Gasteiger charge is -2.29. The lowest BCUT2D eigenvalue weighted by Crippen LogP contribution is -2.29. The number of ether oxygens (including phenoxy) is 1. The van der Waals surface area contributed by atoms with Crippen LogP contribution in [0.5, 0.6) is 5.75 Å². The highest BCUT2D eigenvalue weighted by molar-refractivity contribution is 7.92. The molecular weight excluding hydrogens is 530 g/mol. The number of nitrogens with zero attached hydrogens (tertiary/aromatic N) is 3. The molecule has 202 valence electrons. The zero-order valence-electron chi connectivity index (χ0n) is 22.5. The number of aromatic nitrogens is 2. The molecule has 39 heavy (non-hydrogen) atoms. The van der Waals surface area contributed by atoms with E-state index in [-0.39, 0.29) is 12.1 Å². The molecule has 2 atom stereocenters. The summed E-state index contributed by atoms with van der Waals surface area (Å²) in [6, 6.07) is 21.2. The minimum Gasteiger partial charge on any atom is -0.495 e. The smallest absolute Gasteiger partial charge is 0.229 e. The Morgan fingerprint density at radius 2 is 1.77 bits per heavy atom. The Hall–Kier alpha value is -3.89. The maximum absolute atomic E-state index is 12.1. The molecule has 4 aromatic rings. The highest BCUT2D eigenvalue weighted by Crippen LogP contribution is 2.45. The van der Waals surface area contributed by atoms with Gasteiger partial charge in [0.2, 0.25) is 10.0 Å². The molecule has 1 fully saturated rings. The Bertz CT molecular complexity index is 1650. The van der Waals surface area contributed by atoms with E-state index in [4.69, 9.17) is 17.0 Å². The van der Waals surface area contributed by atoms with Crippen LogP contribution in [0.1, 0.15) is 40.3 Å². The van der Waals surface area contributed by atoms with Gasteiger partial charge in [0.1, 0.15) is 5.75 Å². The lowest BCUT2D eigenvalue weighted by molar-refractivity contribution is 0.417. The molecule has 2 N–H and O–H groups in total. The third kappa shape index (κ3) is 5.09. The van der Waals surface area contributed by atoms with Gasteiger partial charge in [0, 0.05) is 29.0 Å². The summed E-state index contributed by atoms with van der Waals surface area (Å²) in [5.74, 6) is 0.415. The summed E-state index contributed by atoms with van der Waals surface area (Å²) >= 11 is 5.90. The van der Waals surface area contributed by atoms with Gasteiger partial charge in [-0.25, -0.2) is 8.42 Å². The van der Waals surface area contributed by atoms with Crippen molar-refractivity contribution in [3.05, 3.63) is 101 Å². The molecule has 0 unspecified atom stereocenters. The van der Waals surface area contributed by atoms with Crippen molar-refractivity contribution in [1.82, 2.24) is 14.9 Å². The highest BCUT2D eigenvalue weighted by atomic mass is 32.2. The first-order valence-corrected chi connectivity index (χ1v) is 14.8. The molecule has 0 amide bonds. The van der Waals surface area contributed by atoms with E-state index < -0.39 is 10.0 Å². The van der Waals surface area contributed by atoms with Crippen molar-refractivity contribution in [2.75, 3.05) is 23.0 Å². The molecule has 10 heteroatoms. The molecule has 0 radical (unpaired) electrons. The van der Waals surface area contributed by atoms with Gasteiger partial charge in [0.25, 0.3) is 0 Å². The van der Waals surface area contributed by atoms with Gasteiger partial charge in [-0.05, 0) is 86.6 Å². The SMILES string of the molecule is COc1ccc(N2C(=S)N[C@@H](c3ccccn3)[C@H]2c2cc(C)n(-c3ccccc3C)c2C)cc1NS(C)(=O)=O. The largest absolute Gasteiger partial charge is 0.495 e. The van der Waals surface area contributed by atoms with Gasteiger partial charge >= 0.3 is 0 Å². The van der Waals surface area contributed by atoms with Crippen molar-refractivity contribution in [3.63, 3.8) is 0 Å². The van der Waals surface area contributed by atoms with Crippen LogP contribution in [0.3, 0.4) is 0 Å². The van der Waals surface area contributed by atoms with Gasteiger partial charge in [0.15, 0.2) is 5.11 Å². The number of methoxy groups -OCH3 is 1. The predicted octanol–water partition coefficient (Wildman–Crippen LogP) is 5.35. The number of hydrogen-bond donors (Lipinski definition) is 2. The first kappa shape index (κ1) is 26.7. The molecule has 3 heterocycles. The van der Waals surface area contributed by atoms with Crippen LogP contribution in [0.15, 0.2) is 72.9 Å². The van der Waals surface area contributed by atoms with Gasteiger partial charge in [-0.2, -0.15) is 0 Å². The van der Waals surface area contributed by atoms with Crippen molar-refractivity contribution < 1.29 is 13.2 Å². The number of aryl methyl sites for hydroxylation is 2. The van der Waals surface area contributed by atoms with Gasteiger partial charge in [-0.3, -0.25) is 9.71 Å². The van der Waals surface area contributed by atoms with Crippen molar-refractivity contribution in [3.8, 4) is 11.4 Å². The molecule has 0 saturated carbocycles. The van der Waals surface area contributed by atoms with Crippen LogP contribution in [0, 0.1) is 20.8 Å². The molecule has 1 aliphatic rings. The number of nitrogens with one attached hydrogen (secondary N) is 2. The van der Waals surface area contributed by atoms with E-state index in [1.807, 2.05) is 41.3 Å². The number of para-hydroxylation sites is 1. The van der Waals surface area contributed by atoms with Gasteiger partial charge in [0.05, 0.1) is 36.8 Å². The molecule has 0 bridgehead atoms. The number of anilines is 2. The summed E-state index contributed by atoms with van der Waals surface area (Å²) in [6.07, 6.45) is 2.89. The van der Waals surface area contributed by atoms with E-state index in [0.29, 0.717) is 16.5 Å². The zero-order valence-corrected chi connectivity index (χ0v) is 24.1. The van der Waals surface area contributed by atoms with Crippen LogP contribution < -0.4 is 19.7 Å². The van der Waals surface area contributed by atoms with Crippen LogP contribution in [0.4, 0.5) is 11.4 Å². The Morgan fingerprint density at radius 1 is 1.03 bits per heavy atom. The number of sulfonamides is 1. The maximum atomic E-state index is 12.1. The summed E-state index contributed by atoms with van der Waals surface area (Å²) in [5, 5.41) is 4.01. The first-order chi connectivity index (χ1) is 18.6. The van der Waals surface area contributed by atoms with Gasteiger partial charge < -0.3 is 19.5 Å². The van der Waals surface area contributed by atoms with Gasteiger partial charge in [-0.15, -0.1) is 0 Å². The van der Waals surface area contributed by atoms with E-state index in [2.05, 4.69) is 58.6 Å². The fourth-order valence-corrected chi connectivity index (χ4v) is 6.25. The third-order valence-electron chi connectivity index (χ3n) is 7.00. The maximum Gasteiger partial charge on any atom is 0.229 e. The quantitative estimate of drug-likeness (QED) is 0.294. The van der Waals surface area contributed by atoms with Crippen LogP contribution in [-0.2, 0) is 10.0 Å². The number of pyridine rings is 1. The fourth-order valence-electron chi connectivity index (χ4n) is 5.35. The molecule has 8 nitrogen and oxygen atoms in total. The minimum atomic E-state index is -3.54. The average molecular weight is 562 g/mol. The van der Waals surface area contributed by atoms with Crippen molar-refractivity contribution >= 4 is 38.7 Å². The van der Waals surface area contributed by atoms with Crippen molar-refractivity contribution in [2.24, 2.45) is 0 Å². The van der Waals surface area contributed by atoms with Crippen molar-refractivity contribution in [2.45, 2.75) is 32.9 Å².